The lowest BCUT2D eigenvalue weighted by molar-refractivity contribution is 0.0964. The fraction of sp³-hybridized carbons (Fsp3) is 0.280. The lowest BCUT2D eigenvalue weighted by Gasteiger charge is -2.16. The fourth-order valence-electron chi connectivity index (χ4n) is 3.85. The molecule has 1 aromatic carbocycles. The van der Waals surface area contributed by atoms with Gasteiger partial charge in [0, 0.05) is 61.2 Å². The summed E-state index contributed by atoms with van der Waals surface area (Å²) in [7, 11) is 1.63. The number of para-hydroxylation sites is 1. The van der Waals surface area contributed by atoms with Crippen molar-refractivity contribution in [3.63, 3.8) is 0 Å². The van der Waals surface area contributed by atoms with E-state index in [1.165, 1.54) is 19.2 Å². The first-order valence-electron chi connectivity index (χ1n) is 11.4. The number of hydrogen-bond donors (Lipinski definition) is 3. The van der Waals surface area contributed by atoms with Crippen LogP contribution in [0, 0.1) is 0 Å². The minimum absolute atomic E-state index is 0.121. The zero-order valence-electron chi connectivity index (χ0n) is 19.1. The lowest BCUT2D eigenvalue weighted by Crippen LogP contribution is -2.18. The average Bonchev–Trinajstić information content (AvgIpc) is 3.70. The maximum atomic E-state index is 12.3. The number of aromatic nitrogens is 5. The molecule has 1 fully saturated rings. The van der Waals surface area contributed by atoms with E-state index >= 15 is 0 Å². The molecule has 0 saturated heterocycles. The van der Waals surface area contributed by atoms with Crippen LogP contribution in [0.1, 0.15) is 41.6 Å². The molecular weight excluding hydrogens is 428 g/mol. The van der Waals surface area contributed by atoms with Crippen molar-refractivity contribution in [3.8, 4) is 11.3 Å². The summed E-state index contributed by atoms with van der Waals surface area (Å²) in [6, 6.07) is 10.1. The first-order valence-corrected chi connectivity index (χ1v) is 11.4. The highest BCUT2D eigenvalue weighted by molar-refractivity contribution is 6.06. The molecule has 0 radical (unpaired) electrons. The summed E-state index contributed by atoms with van der Waals surface area (Å²) >= 11 is 0. The van der Waals surface area contributed by atoms with Crippen LogP contribution in [-0.4, -0.2) is 50.5 Å². The van der Waals surface area contributed by atoms with Gasteiger partial charge in [-0.25, -0.2) is 19.9 Å². The van der Waals surface area contributed by atoms with Gasteiger partial charge in [0.15, 0.2) is 0 Å². The molecular formula is C25H26N8O. The van der Waals surface area contributed by atoms with Gasteiger partial charge in [-0.3, -0.25) is 9.78 Å². The summed E-state index contributed by atoms with van der Waals surface area (Å²) in [4.78, 5) is 34.3. The largest absolute Gasteiger partial charge is 0.369 e. The van der Waals surface area contributed by atoms with Crippen LogP contribution in [0.3, 0.4) is 0 Å². The van der Waals surface area contributed by atoms with E-state index in [0.29, 0.717) is 24.1 Å². The molecule has 9 heteroatoms. The molecule has 0 unspecified atom stereocenters. The van der Waals surface area contributed by atoms with E-state index in [4.69, 9.17) is 0 Å². The maximum Gasteiger partial charge on any atom is 0.251 e. The van der Waals surface area contributed by atoms with Crippen molar-refractivity contribution in [2.75, 3.05) is 24.2 Å². The first kappa shape index (κ1) is 21.7. The van der Waals surface area contributed by atoms with Crippen molar-refractivity contribution in [2.24, 2.45) is 0 Å². The van der Waals surface area contributed by atoms with Gasteiger partial charge in [0.2, 0.25) is 5.95 Å². The lowest BCUT2D eigenvalue weighted by atomic mass is 9.96. The first-order chi connectivity index (χ1) is 16.6. The normalized spacial score (nSPS) is 13.9. The predicted molar refractivity (Wildman–Crippen MR) is 132 cm³/mol. The predicted octanol–water partition coefficient (Wildman–Crippen LogP) is 3.63. The number of rotatable bonds is 8. The standard InChI is InChI=1S/C25H26N8O/c1-15(18-4-3-5-19-20(24(34)26-2)8-9-27-23(18)19)11-28-22-10-21(31-14-32-22)16-12-29-25(30-13-16)33-17-6-7-17/h3-5,8-10,12-15,17H,6-7,11H2,1-2H3,(H,26,34)(H,28,31,32)(H,29,30,33)/t15-/m1/s1. The highest BCUT2D eigenvalue weighted by Gasteiger charge is 2.21. The molecule has 3 heterocycles. The Labute approximate surface area is 197 Å². The highest BCUT2D eigenvalue weighted by atomic mass is 16.1. The van der Waals surface area contributed by atoms with Gasteiger partial charge in [-0.1, -0.05) is 25.1 Å². The van der Waals surface area contributed by atoms with E-state index in [2.05, 4.69) is 53.9 Å². The Morgan fingerprint density at radius 3 is 2.68 bits per heavy atom. The van der Waals surface area contributed by atoms with Gasteiger partial charge in [-0.2, -0.15) is 0 Å². The van der Waals surface area contributed by atoms with Gasteiger partial charge in [0.25, 0.3) is 5.91 Å². The number of pyridine rings is 1. The van der Waals surface area contributed by atoms with Crippen LogP contribution in [0.2, 0.25) is 0 Å². The van der Waals surface area contributed by atoms with Gasteiger partial charge in [0.1, 0.15) is 12.1 Å². The Hall–Kier alpha value is -4.14. The van der Waals surface area contributed by atoms with Gasteiger partial charge >= 0.3 is 0 Å². The zero-order valence-corrected chi connectivity index (χ0v) is 19.1. The quantitative estimate of drug-likeness (QED) is 0.369. The highest BCUT2D eigenvalue weighted by Crippen LogP contribution is 2.27. The van der Waals surface area contributed by atoms with Crippen LogP contribution < -0.4 is 16.0 Å². The minimum atomic E-state index is -0.121. The number of nitrogens with zero attached hydrogens (tertiary/aromatic N) is 5. The van der Waals surface area contributed by atoms with Crippen LogP contribution in [0.25, 0.3) is 22.2 Å². The van der Waals surface area contributed by atoms with Crippen molar-refractivity contribution in [1.29, 1.82) is 0 Å². The number of nitrogens with one attached hydrogen (secondary N) is 3. The third kappa shape index (κ3) is 4.63. The van der Waals surface area contributed by atoms with E-state index in [-0.39, 0.29) is 11.8 Å². The summed E-state index contributed by atoms with van der Waals surface area (Å²) < 4.78 is 0. The van der Waals surface area contributed by atoms with Crippen molar-refractivity contribution in [3.05, 3.63) is 66.4 Å². The van der Waals surface area contributed by atoms with E-state index < -0.39 is 0 Å². The van der Waals surface area contributed by atoms with Crippen molar-refractivity contribution in [2.45, 2.75) is 31.7 Å². The number of anilines is 2. The summed E-state index contributed by atoms with van der Waals surface area (Å²) in [6.45, 7) is 2.76. The molecule has 9 nitrogen and oxygen atoms in total. The van der Waals surface area contributed by atoms with Crippen molar-refractivity contribution < 1.29 is 4.79 Å². The van der Waals surface area contributed by atoms with Gasteiger partial charge in [-0.15, -0.1) is 0 Å². The molecule has 1 aliphatic rings. The third-order valence-corrected chi connectivity index (χ3v) is 5.92. The molecule has 1 aliphatic carbocycles. The third-order valence-electron chi connectivity index (χ3n) is 5.92. The van der Waals surface area contributed by atoms with E-state index in [1.807, 2.05) is 18.2 Å². The van der Waals surface area contributed by atoms with Crippen LogP contribution >= 0.6 is 0 Å². The minimum Gasteiger partial charge on any atom is -0.369 e. The number of amides is 1. The maximum absolute atomic E-state index is 12.3. The van der Waals surface area contributed by atoms with Crippen LogP contribution in [-0.2, 0) is 0 Å². The van der Waals surface area contributed by atoms with E-state index in [9.17, 15) is 4.79 Å². The molecule has 0 aliphatic heterocycles. The molecule has 3 aromatic heterocycles. The van der Waals surface area contributed by atoms with Crippen LogP contribution in [0.5, 0.6) is 0 Å². The van der Waals surface area contributed by atoms with Crippen molar-refractivity contribution in [1.82, 2.24) is 30.2 Å². The van der Waals surface area contributed by atoms with Crippen LogP contribution in [0.4, 0.5) is 11.8 Å². The second kappa shape index (κ2) is 9.38. The molecule has 5 rings (SSSR count). The molecule has 3 N–H and O–H groups in total. The van der Waals surface area contributed by atoms with Gasteiger partial charge in [-0.05, 0) is 24.5 Å². The Bertz CT molecular complexity index is 1320. The molecule has 0 bridgehead atoms. The average molecular weight is 455 g/mol. The topological polar surface area (TPSA) is 118 Å². The molecule has 34 heavy (non-hydrogen) atoms. The van der Waals surface area contributed by atoms with Gasteiger partial charge < -0.3 is 16.0 Å². The summed E-state index contributed by atoms with van der Waals surface area (Å²) in [5.74, 6) is 1.38. The summed E-state index contributed by atoms with van der Waals surface area (Å²) in [5.41, 5.74) is 4.11. The van der Waals surface area contributed by atoms with Crippen molar-refractivity contribution >= 4 is 28.6 Å². The summed E-state index contributed by atoms with van der Waals surface area (Å²) in [5, 5.41) is 10.2. The zero-order chi connectivity index (χ0) is 23.5. The number of carbonyl (C=O) groups excluding carboxylic acids is 1. The summed E-state index contributed by atoms with van der Waals surface area (Å²) in [6.07, 6.45) is 9.12. The molecule has 4 aromatic rings. The van der Waals surface area contributed by atoms with Crippen LogP contribution in [0.15, 0.2) is 55.2 Å². The van der Waals surface area contributed by atoms with E-state index in [1.54, 1.807) is 31.7 Å². The number of benzene rings is 1. The fourth-order valence-corrected chi connectivity index (χ4v) is 3.85. The second-order valence-electron chi connectivity index (χ2n) is 8.47. The van der Waals surface area contributed by atoms with Gasteiger partial charge in [0.05, 0.1) is 16.8 Å². The molecule has 172 valence electrons. The Kier molecular flexibility index (Phi) is 5.99. The SMILES string of the molecule is CNC(=O)c1ccnc2c([C@H](C)CNc3cc(-c4cnc(NC5CC5)nc4)ncn3)cccc12. The molecule has 1 amide bonds. The monoisotopic (exact) mass is 454 g/mol. The Morgan fingerprint density at radius 2 is 1.91 bits per heavy atom. The second-order valence-corrected chi connectivity index (χ2v) is 8.47. The molecule has 1 saturated carbocycles. The van der Waals surface area contributed by atoms with E-state index in [0.717, 1.165) is 33.5 Å². The number of hydrogen-bond acceptors (Lipinski definition) is 8. The number of carbonyl (C=O) groups is 1. The smallest absolute Gasteiger partial charge is 0.251 e. The molecule has 0 spiro atoms. The Morgan fingerprint density at radius 1 is 1.09 bits per heavy atom. The molecule has 1 atom stereocenters. The number of fused-ring (bicyclic) bond motifs is 1. The Balaban J connectivity index is 1.31.